The molecule has 0 heterocycles. The van der Waals surface area contributed by atoms with Crippen LogP contribution in [0, 0.1) is 0 Å². The lowest BCUT2D eigenvalue weighted by Crippen LogP contribution is -2.09. The zero-order valence-corrected chi connectivity index (χ0v) is 15.0. The number of para-hydroxylation sites is 1. The molecule has 4 nitrogen and oxygen atoms in total. The minimum atomic E-state index is 0. The number of benzene rings is 2. The molecule has 2 rings (SSSR count). The lowest BCUT2D eigenvalue weighted by molar-refractivity contribution is -0.115. The summed E-state index contributed by atoms with van der Waals surface area (Å²) in [6.45, 7) is 9.81. The maximum absolute atomic E-state index is 10.9. The van der Waals surface area contributed by atoms with Gasteiger partial charge in [0.2, 0.25) is 5.91 Å². The quantitative estimate of drug-likeness (QED) is 0.667. The number of nitrogens with one attached hydrogen (secondary N) is 1. The molecule has 2 aromatic rings. The minimum Gasteiger partial charge on any atom is -0.399 e. The number of carbonyl (C=O) groups is 1. The third kappa shape index (κ3) is 12.9. The summed E-state index contributed by atoms with van der Waals surface area (Å²) in [6, 6.07) is 16.6. The maximum atomic E-state index is 10.9. The highest BCUT2D eigenvalue weighted by Gasteiger charge is 1.96. The normalized spacial score (nSPS) is 8.04. The maximum Gasteiger partial charge on any atom is 0.224 e. The molecule has 0 aliphatic carbocycles. The van der Waals surface area contributed by atoms with E-state index in [1.165, 1.54) is 0 Å². The van der Waals surface area contributed by atoms with Crippen molar-refractivity contribution >= 4 is 23.0 Å². The second-order valence-corrected chi connectivity index (χ2v) is 3.93. The van der Waals surface area contributed by atoms with E-state index in [1.54, 1.807) is 24.3 Å². The molecule has 4 heteroatoms. The fourth-order valence-electron chi connectivity index (χ4n) is 1.27. The summed E-state index contributed by atoms with van der Waals surface area (Å²) in [7, 11) is 0. The molecule has 0 aromatic heterocycles. The van der Waals surface area contributed by atoms with Crippen LogP contribution in [0.4, 0.5) is 17.1 Å². The van der Waals surface area contributed by atoms with E-state index in [0.29, 0.717) is 12.1 Å². The number of carbonyl (C=O) groups excluding carboxylic acids is 1. The van der Waals surface area contributed by atoms with Gasteiger partial charge in [0.25, 0.3) is 0 Å². The van der Waals surface area contributed by atoms with E-state index < -0.39 is 0 Å². The molecule has 1 amide bonds. The summed E-state index contributed by atoms with van der Waals surface area (Å²) < 4.78 is 0. The number of hydrogen-bond acceptors (Lipinski definition) is 3. The molecule has 130 valence electrons. The van der Waals surface area contributed by atoms with Gasteiger partial charge in [-0.3, -0.25) is 4.79 Å². The molecular formula is C19H33N3O. The predicted octanol–water partition coefficient (Wildman–Crippen LogP) is 5.18. The zero-order valence-electron chi connectivity index (χ0n) is 15.0. The van der Waals surface area contributed by atoms with Crippen molar-refractivity contribution in [1.29, 1.82) is 0 Å². The van der Waals surface area contributed by atoms with Crippen LogP contribution in [0.2, 0.25) is 0 Å². The molecule has 5 N–H and O–H groups in total. The minimum absolute atomic E-state index is 0. The average Bonchev–Trinajstić information content (AvgIpc) is 2.61. The van der Waals surface area contributed by atoms with Gasteiger partial charge in [-0.2, -0.15) is 0 Å². The molecule has 2 aromatic carbocycles. The summed E-state index contributed by atoms with van der Waals surface area (Å²) in [5.41, 5.74) is 13.1. The molecule has 0 fully saturated rings. The van der Waals surface area contributed by atoms with Crippen molar-refractivity contribution in [3.63, 3.8) is 0 Å². The van der Waals surface area contributed by atoms with Crippen LogP contribution in [0.3, 0.4) is 0 Å². The van der Waals surface area contributed by atoms with E-state index in [1.807, 2.05) is 65.0 Å². The van der Waals surface area contributed by atoms with E-state index >= 15 is 0 Å². The van der Waals surface area contributed by atoms with Gasteiger partial charge in [0, 0.05) is 24.9 Å². The van der Waals surface area contributed by atoms with Crippen LogP contribution in [-0.4, -0.2) is 5.91 Å². The van der Waals surface area contributed by atoms with Crippen LogP contribution in [0.1, 0.15) is 42.5 Å². The number of anilines is 3. The Kier molecular flexibility index (Phi) is 15.7. The van der Waals surface area contributed by atoms with Crippen molar-refractivity contribution in [3.05, 3.63) is 54.6 Å². The molecule has 0 aliphatic heterocycles. The highest BCUT2D eigenvalue weighted by Crippen LogP contribution is 2.10. The Labute approximate surface area is 142 Å². The highest BCUT2D eigenvalue weighted by molar-refractivity contribution is 5.90. The van der Waals surface area contributed by atoms with Crippen LogP contribution in [-0.2, 0) is 4.79 Å². The molecule has 0 saturated carbocycles. The van der Waals surface area contributed by atoms with Crippen molar-refractivity contribution in [2.75, 3.05) is 16.8 Å². The fourth-order valence-corrected chi connectivity index (χ4v) is 1.27. The van der Waals surface area contributed by atoms with E-state index in [0.717, 1.165) is 11.4 Å². The second-order valence-electron chi connectivity index (χ2n) is 3.93. The molecule has 0 aliphatic rings. The van der Waals surface area contributed by atoms with Gasteiger partial charge in [0.1, 0.15) is 0 Å². The largest absolute Gasteiger partial charge is 0.399 e. The van der Waals surface area contributed by atoms with Gasteiger partial charge in [-0.05, 0) is 36.4 Å². The molecule has 23 heavy (non-hydrogen) atoms. The molecule has 0 spiro atoms. The van der Waals surface area contributed by atoms with Gasteiger partial charge in [-0.1, -0.05) is 52.8 Å². The average molecular weight is 319 g/mol. The first-order chi connectivity index (χ1) is 11.1. The number of nitrogen functional groups attached to an aromatic ring is 2. The molecule has 0 bridgehead atoms. The lowest BCUT2D eigenvalue weighted by Gasteiger charge is -2.02. The van der Waals surface area contributed by atoms with Crippen molar-refractivity contribution in [3.8, 4) is 0 Å². The van der Waals surface area contributed by atoms with Crippen LogP contribution >= 0.6 is 0 Å². The third-order valence-electron chi connectivity index (χ3n) is 2.32. The van der Waals surface area contributed by atoms with Crippen LogP contribution < -0.4 is 16.8 Å². The SMILES string of the molecule is CC.CC.CCC(=O)Nc1ccc(N)cc1.Nc1ccccc1.[HH]. The smallest absolute Gasteiger partial charge is 0.224 e. The molecule has 0 atom stereocenters. The summed E-state index contributed by atoms with van der Waals surface area (Å²) >= 11 is 0. The lowest BCUT2D eigenvalue weighted by atomic mass is 10.3. The van der Waals surface area contributed by atoms with Gasteiger partial charge in [-0.25, -0.2) is 0 Å². The zero-order chi connectivity index (χ0) is 18.1. The molecule has 0 radical (unpaired) electrons. The first-order valence-electron chi connectivity index (χ1n) is 8.07. The van der Waals surface area contributed by atoms with Gasteiger partial charge < -0.3 is 16.8 Å². The van der Waals surface area contributed by atoms with Gasteiger partial charge in [0.05, 0.1) is 0 Å². The van der Waals surface area contributed by atoms with Crippen molar-refractivity contribution in [1.82, 2.24) is 0 Å². The highest BCUT2D eigenvalue weighted by atomic mass is 16.1. The second kappa shape index (κ2) is 15.9. The number of rotatable bonds is 2. The molecule has 0 saturated heterocycles. The Hall–Kier alpha value is -2.49. The van der Waals surface area contributed by atoms with E-state index in [-0.39, 0.29) is 7.33 Å². The first-order valence-corrected chi connectivity index (χ1v) is 8.07. The Morgan fingerprint density at radius 1 is 0.870 bits per heavy atom. The first kappa shape index (κ1) is 22.8. The summed E-state index contributed by atoms with van der Waals surface area (Å²) in [5.74, 6) is 0.0137. The Morgan fingerprint density at radius 2 is 1.30 bits per heavy atom. The summed E-state index contributed by atoms with van der Waals surface area (Å²) in [6.07, 6.45) is 0.490. The number of hydrogen-bond donors (Lipinski definition) is 3. The van der Waals surface area contributed by atoms with Gasteiger partial charge >= 0.3 is 0 Å². The Morgan fingerprint density at radius 3 is 1.65 bits per heavy atom. The van der Waals surface area contributed by atoms with Crippen LogP contribution in [0.15, 0.2) is 54.6 Å². The van der Waals surface area contributed by atoms with Crippen LogP contribution in [0.25, 0.3) is 0 Å². The summed E-state index contributed by atoms with van der Waals surface area (Å²) in [4.78, 5) is 10.9. The Bertz CT molecular complexity index is 502. The van der Waals surface area contributed by atoms with E-state index in [9.17, 15) is 4.79 Å². The van der Waals surface area contributed by atoms with Gasteiger partial charge in [-0.15, -0.1) is 0 Å². The predicted molar refractivity (Wildman–Crippen MR) is 105 cm³/mol. The number of amides is 1. The third-order valence-corrected chi connectivity index (χ3v) is 2.32. The fraction of sp³-hybridized carbons (Fsp3) is 0.316. The standard InChI is InChI=1S/C9H12N2O.C6H7N.2C2H6.H2/c1-2-9(12)11-8-5-3-7(10)4-6-8;7-6-4-2-1-3-5-6;2*1-2;/h3-6H,2,10H2,1H3,(H,11,12);1-5H,7H2;2*1-2H3;1H. The van der Waals surface area contributed by atoms with Gasteiger partial charge in [0.15, 0.2) is 0 Å². The monoisotopic (exact) mass is 319 g/mol. The van der Waals surface area contributed by atoms with Crippen molar-refractivity contribution in [2.45, 2.75) is 41.0 Å². The summed E-state index contributed by atoms with van der Waals surface area (Å²) in [5, 5.41) is 2.72. The number of nitrogens with two attached hydrogens (primary N) is 2. The van der Waals surface area contributed by atoms with E-state index in [4.69, 9.17) is 11.5 Å². The van der Waals surface area contributed by atoms with E-state index in [2.05, 4.69) is 5.32 Å². The van der Waals surface area contributed by atoms with Crippen molar-refractivity contribution in [2.24, 2.45) is 0 Å². The van der Waals surface area contributed by atoms with Crippen LogP contribution in [0.5, 0.6) is 0 Å². The topological polar surface area (TPSA) is 81.1 Å². The molecular weight excluding hydrogens is 286 g/mol. The Balaban J connectivity index is -0.000000316. The molecule has 0 unspecified atom stereocenters. The van der Waals surface area contributed by atoms with Crippen molar-refractivity contribution < 1.29 is 6.22 Å².